The van der Waals surface area contributed by atoms with Crippen molar-refractivity contribution in [1.29, 1.82) is 0 Å². The topological polar surface area (TPSA) is 87.5 Å². The molecule has 78 valence electrons. The van der Waals surface area contributed by atoms with Crippen LogP contribution in [0.5, 0.6) is 5.75 Å². The fourth-order valence-electron chi connectivity index (χ4n) is 1.38. The Labute approximate surface area is 85.8 Å². The average molecular weight is 225 g/mol. The lowest BCUT2D eigenvalue weighted by Gasteiger charge is -2.03. The standard InChI is InChI=1S/C9H7NO4S/c11-8-5-10-4-7-6(8)2-1-3-9(7)15(12,13)14/h1-5,11H,(H,12,13,14). The molecular weight excluding hydrogens is 218 g/mol. The first-order valence-electron chi connectivity index (χ1n) is 4.03. The molecule has 0 amide bonds. The van der Waals surface area contributed by atoms with Crippen molar-refractivity contribution in [2.75, 3.05) is 0 Å². The molecule has 0 aliphatic heterocycles. The monoisotopic (exact) mass is 225 g/mol. The van der Waals surface area contributed by atoms with Crippen molar-refractivity contribution < 1.29 is 18.1 Å². The Kier molecular flexibility index (Phi) is 2.09. The minimum absolute atomic E-state index is 0.127. The molecule has 0 aliphatic rings. The zero-order valence-corrected chi connectivity index (χ0v) is 8.27. The lowest BCUT2D eigenvalue weighted by atomic mass is 10.2. The third kappa shape index (κ3) is 1.64. The first-order valence-corrected chi connectivity index (χ1v) is 5.47. The van der Waals surface area contributed by atoms with Crippen molar-refractivity contribution in [3.63, 3.8) is 0 Å². The molecule has 0 saturated carbocycles. The second kappa shape index (κ2) is 3.18. The Morgan fingerprint density at radius 2 is 1.87 bits per heavy atom. The Morgan fingerprint density at radius 3 is 2.53 bits per heavy atom. The van der Waals surface area contributed by atoms with Crippen LogP contribution in [0.3, 0.4) is 0 Å². The van der Waals surface area contributed by atoms with Crippen LogP contribution in [0.2, 0.25) is 0 Å². The van der Waals surface area contributed by atoms with E-state index in [9.17, 15) is 13.5 Å². The molecule has 2 N–H and O–H groups in total. The van der Waals surface area contributed by atoms with Gasteiger partial charge in [-0.3, -0.25) is 9.54 Å². The van der Waals surface area contributed by atoms with Gasteiger partial charge in [-0.15, -0.1) is 0 Å². The number of pyridine rings is 1. The summed E-state index contributed by atoms with van der Waals surface area (Å²) in [7, 11) is -4.30. The normalized spacial score (nSPS) is 11.8. The third-order valence-electron chi connectivity index (χ3n) is 2.02. The van der Waals surface area contributed by atoms with E-state index in [2.05, 4.69) is 4.98 Å². The van der Waals surface area contributed by atoms with Gasteiger partial charge >= 0.3 is 0 Å². The molecule has 1 aromatic heterocycles. The number of fused-ring (bicyclic) bond motifs is 1. The van der Waals surface area contributed by atoms with Crippen molar-refractivity contribution in [3.05, 3.63) is 30.6 Å². The fraction of sp³-hybridized carbons (Fsp3) is 0. The van der Waals surface area contributed by atoms with Crippen molar-refractivity contribution >= 4 is 20.9 Å². The highest BCUT2D eigenvalue weighted by Gasteiger charge is 2.14. The molecule has 0 spiro atoms. The zero-order chi connectivity index (χ0) is 11.1. The highest BCUT2D eigenvalue weighted by atomic mass is 32.2. The third-order valence-corrected chi connectivity index (χ3v) is 2.93. The summed E-state index contributed by atoms with van der Waals surface area (Å²) >= 11 is 0. The Bertz CT molecular complexity index is 621. The van der Waals surface area contributed by atoms with E-state index in [4.69, 9.17) is 4.55 Å². The lowest BCUT2D eigenvalue weighted by Crippen LogP contribution is -1.99. The quantitative estimate of drug-likeness (QED) is 0.712. The smallest absolute Gasteiger partial charge is 0.295 e. The lowest BCUT2D eigenvalue weighted by molar-refractivity contribution is 0.479. The predicted molar refractivity (Wildman–Crippen MR) is 53.2 cm³/mol. The van der Waals surface area contributed by atoms with Gasteiger partial charge in [0.1, 0.15) is 10.6 Å². The molecule has 15 heavy (non-hydrogen) atoms. The Hall–Kier alpha value is -1.66. The van der Waals surface area contributed by atoms with Crippen LogP contribution in [0.4, 0.5) is 0 Å². The molecule has 0 bridgehead atoms. The molecule has 5 nitrogen and oxygen atoms in total. The summed E-state index contributed by atoms with van der Waals surface area (Å²) in [5.41, 5.74) is 0. The summed E-state index contributed by atoms with van der Waals surface area (Å²) in [5.74, 6) is -0.127. The Balaban J connectivity index is 2.96. The van der Waals surface area contributed by atoms with E-state index in [1.54, 1.807) is 6.07 Å². The minimum Gasteiger partial charge on any atom is -0.506 e. The number of nitrogens with zero attached hydrogens (tertiary/aromatic N) is 1. The predicted octanol–water partition coefficient (Wildman–Crippen LogP) is 1.19. The fourth-order valence-corrected chi connectivity index (χ4v) is 2.07. The number of hydrogen-bond donors (Lipinski definition) is 2. The van der Waals surface area contributed by atoms with Crippen LogP contribution in [0.1, 0.15) is 0 Å². The summed E-state index contributed by atoms with van der Waals surface area (Å²) in [6, 6.07) is 4.23. The van der Waals surface area contributed by atoms with Crippen LogP contribution in [-0.4, -0.2) is 23.1 Å². The number of aromatic nitrogens is 1. The van der Waals surface area contributed by atoms with E-state index in [0.29, 0.717) is 5.39 Å². The van der Waals surface area contributed by atoms with E-state index in [0.717, 1.165) is 0 Å². The molecule has 0 atom stereocenters. The highest BCUT2D eigenvalue weighted by molar-refractivity contribution is 7.86. The summed E-state index contributed by atoms with van der Waals surface area (Å²) < 4.78 is 30.9. The molecule has 0 unspecified atom stereocenters. The average Bonchev–Trinajstić information content (AvgIpc) is 2.16. The zero-order valence-electron chi connectivity index (χ0n) is 7.45. The minimum atomic E-state index is -4.30. The Morgan fingerprint density at radius 1 is 1.13 bits per heavy atom. The SMILES string of the molecule is O=S(=O)(O)c1cccc2c(O)cncc12. The molecule has 0 saturated heterocycles. The van der Waals surface area contributed by atoms with E-state index < -0.39 is 10.1 Å². The van der Waals surface area contributed by atoms with Crippen LogP contribution in [-0.2, 0) is 10.1 Å². The first kappa shape index (κ1) is 9.88. The highest BCUT2D eigenvalue weighted by Crippen LogP contribution is 2.27. The first-order chi connectivity index (χ1) is 7.00. The number of rotatable bonds is 1. The van der Waals surface area contributed by atoms with Crippen molar-refractivity contribution in [1.82, 2.24) is 4.98 Å². The molecule has 1 heterocycles. The van der Waals surface area contributed by atoms with Crippen LogP contribution >= 0.6 is 0 Å². The largest absolute Gasteiger partial charge is 0.506 e. The van der Waals surface area contributed by atoms with Crippen molar-refractivity contribution in [2.24, 2.45) is 0 Å². The van der Waals surface area contributed by atoms with Gasteiger partial charge in [-0.1, -0.05) is 12.1 Å². The van der Waals surface area contributed by atoms with Gasteiger partial charge in [-0.05, 0) is 6.07 Å². The second-order valence-corrected chi connectivity index (χ2v) is 4.37. The van der Waals surface area contributed by atoms with Crippen molar-refractivity contribution in [3.8, 4) is 5.75 Å². The molecule has 0 fully saturated rings. The van der Waals surface area contributed by atoms with Gasteiger partial charge in [-0.25, -0.2) is 0 Å². The van der Waals surface area contributed by atoms with Crippen LogP contribution in [0.15, 0.2) is 35.5 Å². The molecule has 1 aromatic carbocycles. The van der Waals surface area contributed by atoms with E-state index in [1.165, 1.54) is 24.5 Å². The van der Waals surface area contributed by atoms with Gasteiger partial charge in [0.15, 0.2) is 0 Å². The summed E-state index contributed by atoms with van der Waals surface area (Å²) in [4.78, 5) is 3.40. The van der Waals surface area contributed by atoms with Gasteiger partial charge in [0.2, 0.25) is 0 Å². The molecule has 6 heteroatoms. The van der Waals surface area contributed by atoms with E-state index >= 15 is 0 Å². The maximum Gasteiger partial charge on any atom is 0.295 e. The second-order valence-electron chi connectivity index (χ2n) is 2.98. The van der Waals surface area contributed by atoms with Gasteiger partial charge in [0.05, 0.1) is 6.20 Å². The van der Waals surface area contributed by atoms with E-state index in [1.807, 2.05) is 0 Å². The molecule has 2 rings (SSSR count). The van der Waals surface area contributed by atoms with Gasteiger partial charge in [0, 0.05) is 17.0 Å². The van der Waals surface area contributed by atoms with Gasteiger partial charge in [-0.2, -0.15) is 8.42 Å². The van der Waals surface area contributed by atoms with Crippen LogP contribution in [0.25, 0.3) is 10.8 Å². The van der Waals surface area contributed by atoms with Gasteiger partial charge in [0.25, 0.3) is 10.1 Å². The maximum absolute atomic E-state index is 11.0. The summed E-state index contributed by atoms with van der Waals surface area (Å²) in [5, 5.41) is 9.95. The number of hydrogen-bond acceptors (Lipinski definition) is 4. The summed E-state index contributed by atoms with van der Waals surface area (Å²) in [6.07, 6.45) is 2.48. The van der Waals surface area contributed by atoms with Crippen LogP contribution in [0, 0.1) is 0 Å². The molecule has 2 aromatic rings. The maximum atomic E-state index is 11.0. The van der Waals surface area contributed by atoms with Gasteiger partial charge < -0.3 is 5.11 Å². The molecule has 0 radical (unpaired) electrons. The van der Waals surface area contributed by atoms with Crippen molar-refractivity contribution in [2.45, 2.75) is 4.90 Å². The molecule has 0 aliphatic carbocycles. The van der Waals surface area contributed by atoms with Crippen LogP contribution < -0.4 is 0 Å². The number of benzene rings is 1. The number of aromatic hydroxyl groups is 1. The molecular formula is C9H7NO4S. The summed E-state index contributed by atoms with van der Waals surface area (Å²) in [6.45, 7) is 0. The van der Waals surface area contributed by atoms with E-state index in [-0.39, 0.29) is 16.0 Å².